The molecule has 0 saturated carbocycles. The Morgan fingerprint density at radius 2 is 1.89 bits per heavy atom. The van der Waals surface area contributed by atoms with E-state index in [9.17, 15) is 9.90 Å². The standard InChI is InChI=1S/C18H16BrN5O2S/c1-12(26)17(22-20-14-9-7-13(19)8-10-14)27-18-23-21-16(11-25)24(18)15-5-3-2-4-6-15/h2-10,20,25H,11H2,1H3/b22-17-. The minimum absolute atomic E-state index is 0.210. The molecule has 0 radical (unpaired) electrons. The number of carbonyl (C=O) groups is 1. The number of benzene rings is 2. The highest BCUT2D eigenvalue weighted by atomic mass is 79.9. The number of nitrogens with one attached hydrogen (secondary N) is 1. The van der Waals surface area contributed by atoms with E-state index in [1.54, 1.807) is 4.57 Å². The lowest BCUT2D eigenvalue weighted by Crippen LogP contribution is -2.10. The Kier molecular flexibility index (Phi) is 6.38. The van der Waals surface area contributed by atoms with Gasteiger partial charge >= 0.3 is 0 Å². The zero-order valence-electron chi connectivity index (χ0n) is 14.3. The highest BCUT2D eigenvalue weighted by Gasteiger charge is 2.18. The molecule has 0 amide bonds. The first-order valence-corrected chi connectivity index (χ1v) is 9.58. The number of nitrogens with zero attached hydrogens (tertiary/aromatic N) is 4. The Morgan fingerprint density at radius 3 is 2.52 bits per heavy atom. The van der Waals surface area contributed by atoms with Crippen molar-refractivity contribution in [3.8, 4) is 5.69 Å². The van der Waals surface area contributed by atoms with Gasteiger partial charge in [-0.25, -0.2) is 0 Å². The van der Waals surface area contributed by atoms with E-state index in [4.69, 9.17) is 0 Å². The average Bonchev–Trinajstić information content (AvgIpc) is 3.09. The van der Waals surface area contributed by atoms with Gasteiger partial charge in [0.15, 0.2) is 16.7 Å². The van der Waals surface area contributed by atoms with Crippen LogP contribution < -0.4 is 5.43 Å². The van der Waals surface area contributed by atoms with Gasteiger partial charge in [0.2, 0.25) is 5.16 Å². The average molecular weight is 446 g/mol. The molecule has 1 heterocycles. The summed E-state index contributed by atoms with van der Waals surface area (Å²) in [5.74, 6) is 0.172. The number of rotatable bonds is 6. The number of hydrazone groups is 1. The smallest absolute Gasteiger partial charge is 0.202 e. The lowest BCUT2D eigenvalue weighted by atomic mass is 10.3. The number of anilines is 1. The van der Waals surface area contributed by atoms with E-state index in [-0.39, 0.29) is 17.4 Å². The van der Waals surface area contributed by atoms with E-state index in [1.165, 1.54) is 6.92 Å². The topological polar surface area (TPSA) is 92.4 Å². The van der Waals surface area contributed by atoms with Gasteiger partial charge in [-0.05, 0) is 48.2 Å². The van der Waals surface area contributed by atoms with Crippen LogP contribution in [0.5, 0.6) is 0 Å². The summed E-state index contributed by atoms with van der Waals surface area (Å²) < 4.78 is 2.65. The third kappa shape index (κ3) is 4.82. The molecule has 9 heteroatoms. The van der Waals surface area contributed by atoms with Crippen LogP contribution in [-0.4, -0.2) is 30.7 Å². The number of para-hydroxylation sites is 1. The summed E-state index contributed by atoms with van der Waals surface area (Å²) in [6, 6.07) is 16.8. The van der Waals surface area contributed by atoms with Crippen molar-refractivity contribution >= 4 is 44.2 Å². The van der Waals surface area contributed by atoms with Gasteiger partial charge in [-0.15, -0.1) is 10.2 Å². The second-order valence-electron chi connectivity index (χ2n) is 5.42. The van der Waals surface area contributed by atoms with E-state index < -0.39 is 0 Å². The molecule has 0 aliphatic heterocycles. The van der Waals surface area contributed by atoms with Crippen LogP contribution in [0.4, 0.5) is 5.69 Å². The van der Waals surface area contributed by atoms with E-state index in [1.807, 2.05) is 54.6 Å². The predicted octanol–water partition coefficient (Wildman–Crippen LogP) is 3.63. The van der Waals surface area contributed by atoms with Crippen LogP contribution >= 0.6 is 27.7 Å². The van der Waals surface area contributed by atoms with E-state index in [0.717, 1.165) is 27.6 Å². The molecule has 0 aliphatic carbocycles. The third-order valence-corrected chi connectivity index (χ3v) is 5.02. The van der Waals surface area contributed by atoms with Crippen LogP contribution in [0, 0.1) is 0 Å². The fourth-order valence-corrected chi connectivity index (χ4v) is 3.26. The number of aliphatic hydroxyl groups excluding tert-OH is 1. The SMILES string of the molecule is CC(=O)/C(=N/Nc1ccc(Br)cc1)Sc1nnc(CO)n1-c1ccccc1. The molecule has 138 valence electrons. The monoisotopic (exact) mass is 445 g/mol. The molecule has 27 heavy (non-hydrogen) atoms. The van der Waals surface area contributed by atoms with Gasteiger partial charge in [-0.3, -0.25) is 14.8 Å². The van der Waals surface area contributed by atoms with Crippen molar-refractivity contribution in [1.29, 1.82) is 0 Å². The van der Waals surface area contributed by atoms with Gasteiger partial charge in [0.25, 0.3) is 0 Å². The number of aromatic nitrogens is 3. The van der Waals surface area contributed by atoms with Crippen LogP contribution in [-0.2, 0) is 11.4 Å². The van der Waals surface area contributed by atoms with Crippen LogP contribution in [0.25, 0.3) is 5.69 Å². The van der Waals surface area contributed by atoms with Crippen molar-refractivity contribution < 1.29 is 9.90 Å². The first-order chi connectivity index (χ1) is 13.1. The van der Waals surface area contributed by atoms with E-state index >= 15 is 0 Å². The van der Waals surface area contributed by atoms with E-state index in [2.05, 4.69) is 36.7 Å². The Labute approximate surface area is 168 Å². The molecular weight excluding hydrogens is 430 g/mol. The van der Waals surface area contributed by atoms with Gasteiger partial charge < -0.3 is 5.11 Å². The lowest BCUT2D eigenvalue weighted by Gasteiger charge is -2.09. The fraction of sp³-hybridized carbons (Fsp3) is 0.111. The highest BCUT2D eigenvalue weighted by Crippen LogP contribution is 2.24. The van der Waals surface area contributed by atoms with Crippen molar-refractivity contribution in [3.63, 3.8) is 0 Å². The molecule has 3 aromatic rings. The van der Waals surface area contributed by atoms with Crippen LogP contribution in [0.3, 0.4) is 0 Å². The summed E-state index contributed by atoms with van der Waals surface area (Å²) in [7, 11) is 0. The number of hydrogen-bond acceptors (Lipinski definition) is 7. The molecule has 0 saturated heterocycles. The first-order valence-electron chi connectivity index (χ1n) is 7.97. The molecule has 0 aliphatic rings. The Hall–Kier alpha value is -2.49. The number of ketones is 1. The van der Waals surface area contributed by atoms with Gasteiger partial charge in [-0.2, -0.15) is 5.10 Å². The van der Waals surface area contributed by atoms with Gasteiger partial charge in [-0.1, -0.05) is 34.1 Å². The number of carbonyl (C=O) groups excluding carboxylic acids is 1. The van der Waals surface area contributed by atoms with Crippen LogP contribution in [0.2, 0.25) is 0 Å². The highest BCUT2D eigenvalue weighted by molar-refractivity contribution is 9.10. The van der Waals surface area contributed by atoms with Crippen molar-refractivity contribution in [1.82, 2.24) is 14.8 Å². The normalized spacial score (nSPS) is 11.4. The predicted molar refractivity (Wildman–Crippen MR) is 109 cm³/mol. The van der Waals surface area contributed by atoms with Gasteiger partial charge in [0.1, 0.15) is 6.61 Å². The number of hydrogen-bond donors (Lipinski definition) is 2. The Morgan fingerprint density at radius 1 is 1.19 bits per heavy atom. The van der Waals surface area contributed by atoms with Crippen molar-refractivity contribution in [3.05, 3.63) is 64.9 Å². The van der Waals surface area contributed by atoms with Crippen molar-refractivity contribution in [2.45, 2.75) is 18.7 Å². The quantitative estimate of drug-likeness (QED) is 0.260. The summed E-state index contributed by atoms with van der Waals surface area (Å²) in [6.07, 6.45) is 0. The van der Waals surface area contributed by atoms with Crippen LogP contribution in [0.15, 0.2) is 69.3 Å². The molecule has 0 bridgehead atoms. The first kappa shape index (κ1) is 19.3. The second kappa shape index (κ2) is 8.94. The molecule has 1 aromatic heterocycles. The van der Waals surface area contributed by atoms with Crippen molar-refractivity contribution in [2.75, 3.05) is 5.43 Å². The molecule has 0 spiro atoms. The fourth-order valence-electron chi connectivity index (χ4n) is 2.20. The minimum Gasteiger partial charge on any atom is -0.388 e. The Bertz CT molecular complexity index is 958. The molecule has 7 nitrogen and oxygen atoms in total. The summed E-state index contributed by atoms with van der Waals surface area (Å²) in [5, 5.41) is 22.5. The molecule has 0 atom stereocenters. The maximum absolute atomic E-state index is 12.0. The van der Waals surface area contributed by atoms with Gasteiger partial charge in [0, 0.05) is 17.1 Å². The maximum Gasteiger partial charge on any atom is 0.202 e. The largest absolute Gasteiger partial charge is 0.388 e. The summed E-state index contributed by atoms with van der Waals surface area (Å²) in [5.41, 5.74) is 4.41. The number of aliphatic hydroxyl groups is 1. The molecule has 3 rings (SSSR count). The number of thioether (sulfide) groups is 1. The van der Waals surface area contributed by atoms with Crippen LogP contribution in [0.1, 0.15) is 12.7 Å². The lowest BCUT2D eigenvalue weighted by molar-refractivity contribution is -0.110. The summed E-state index contributed by atoms with van der Waals surface area (Å²) >= 11 is 4.46. The Balaban J connectivity index is 1.89. The molecule has 2 aromatic carbocycles. The second-order valence-corrected chi connectivity index (χ2v) is 7.29. The number of halogens is 1. The molecule has 0 unspecified atom stereocenters. The number of Topliss-reactive ketones (excluding diaryl/α,β-unsaturated/α-hetero) is 1. The minimum atomic E-state index is -0.272. The maximum atomic E-state index is 12.0. The zero-order valence-corrected chi connectivity index (χ0v) is 16.7. The summed E-state index contributed by atoms with van der Waals surface area (Å²) in [6.45, 7) is 1.16. The zero-order chi connectivity index (χ0) is 19.2. The summed E-state index contributed by atoms with van der Waals surface area (Å²) in [4.78, 5) is 12.0. The molecule has 0 fully saturated rings. The van der Waals surface area contributed by atoms with Crippen molar-refractivity contribution in [2.24, 2.45) is 5.10 Å². The van der Waals surface area contributed by atoms with Gasteiger partial charge in [0.05, 0.1) is 5.69 Å². The third-order valence-electron chi connectivity index (χ3n) is 3.48. The molecule has 2 N–H and O–H groups in total. The van der Waals surface area contributed by atoms with E-state index in [0.29, 0.717) is 11.0 Å². The molecular formula is C18H16BrN5O2S.